The molecule has 0 bridgehead atoms. The highest BCUT2D eigenvalue weighted by molar-refractivity contribution is 6.62. The molecule has 1 aromatic carbocycles. The zero-order valence-corrected chi connectivity index (χ0v) is 15.2. The average Bonchev–Trinajstić information content (AvgIpc) is 2.69. The van der Waals surface area contributed by atoms with Gasteiger partial charge < -0.3 is 14.0 Å². The fourth-order valence-corrected chi connectivity index (χ4v) is 2.87. The molecule has 0 radical (unpaired) electrons. The molecule has 0 spiro atoms. The van der Waals surface area contributed by atoms with Crippen molar-refractivity contribution in [1.82, 2.24) is 0 Å². The van der Waals surface area contributed by atoms with Crippen molar-refractivity contribution in [2.45, 2.75) is 65.1 Å². The highest BCUT2D eigenvalue weighted by atomic mass is 16.7. The fourth-order valence-electron chi connectivity index (χ4n) is 2.87. The van der Waals surface area contributed by atoms with Crippen molar-refractivity contribution in [3.63, 3.8) is 0 Å². The molecule has 1 heterocycles. The Morgan fingerprint density at radius 2 is 1.78 bits per heavy atom. The van der Waals surface area contributed by atoms with E-state index in [4.69, 9.17) is 14.0 Å². The van der Waals surface area contributed by atoms with Gasteiger partial charge in [0, 0.05) is 0 Å². The molecule has 5 heteroatoms. The SMILES string of the molecule is CCC(C(=O)OC)c1ccc(B2OC(C)(C)C(C)(C)O2)cc1C. The van der Waals surface area contributed by atoms with Crippen LogP contribution in [-0.4, -0.2) is 31.4 Å². The van der Waals surface area contributed by atoms with E-state index in [0.717, 1.165) is 16.6 Å². The molecular formula is C18H27BO4. The molecule has 0 aliphatic carbocycles. The third-order valence-corrected chi connectivity index (χ3v) is 5.09. The standard InChI is InChI=1S/C18H27BO4/c1-8-14(16(20)21-7)15-10-9-13(11-12(15)2)19-22-17(3,4)18(5,6)23-19/h9-11,14H,8H2,1-7H3. The lowest BCUT2D eigenvalue weighted by Gasteiger charge is -2.32. The third-order valence-electron chi connectivity index (χ3n) is 5.09. The third kappa shape index (κ3) is 3.31. The minimum absolute atomic E-state index is 0.195. The molecule has 1 fully saturated rings. The molecule has 1 aliphatic rings. The van der Waals surface area contributed by atoms with Gasteiger partial charge in [-0.05, 0) is 57.6 Å². The van der Waals surface area contributed by atoms with Gasteiger partial charge in [0.15, 0.2) is 0 Å². The predicted octanol–water partition coefficient (Wildman–Crippen LogP) is 2.96. The minimum atomic E-state index is -0.383. The Morgan fingerprint density at radius 1 is 1.22 bits per heavy atom. The molecule has 126 valence electrons. The largest absolute Gasteiger partial charge is 0.494 e. The van der Waals surface area contributed by atoms with Crippen molar-refractivity contribution < 1.29 is 18.8 Å². The number of esters is 1. The Bertz CT molecular complexity index is 579. The molecule has 23 heavy (non-hydrogen) atoms. The van der Waals surface area contributed by atoms with E-state index in [1.165, 1.54) is 7.11 Å². The van der Waals surface area contributed by atoms with E-state index >= 15 is 0 Å². The average molecular weight is 318 g/mol. The van der Waals surface area contributed by atoms with Crippen LogP contribution < -0.4 is 5.46 Å². The number of carbonyl (C=O) groups excluding carboxylic acids is 1. The number of methoxy groups -OCH3 is 1. The quantitative estimate of drug-likeness (QED) is 0.632. The molecule has 0 saturated carbocycles. The number of benzene rings is 1. The van der Waals surface area contributed by atoms with Crippen molar-refractivity contribution in [2.75, 3.05) is 7.11 Å². The van der Waals surface area contributed by atoms with Crippen LogP contribution in [0.5, 0.6) is 0 Å². The van der Waals surface area contributed by atoms with Gasteiger partial charge in [-0.15, -0.1) is 0 Å². The van der Waals surface area contributed by atoms with Gasteiger partial charge in [-0.3, -0.25) is 4.79 Å². The van der Waals surface area contributed by atoms with Crippen LogP contribution in [0.4, 0.5) is 0 Å². The molecule has 1 unspecified atom stereocenters. The van der Waals surface area contributed by atoms with Crippen LogP contribution in [0.3, 0.4) is 0 Å². The van der Waals surface area contributed by atoms with Gasteiger partial charge in [0.2, 0.25) is 0 Å². The Hall–Kier alpha value is -1.33. The number of carbonyl (C=O) groups is 1. The number of ether oxygens (including phenoxy) is 1. The van der Waals surface area contributed by atoms with Gasteiger partial charge >= 0.3 is 13.1 Å². The van der Waals surface area contributed by atoms with Crippen LogP contribution in [-0.2, 0) is 18.8 Å². The number of hydrogen-bond acceptors (Lipinski definition) is 4. The van der Waals surface area contributed by atoms with Crippen molar-refractivity contribution >= 4 is 18.6 Å². The van der Waals surface area contributed by atoms with Gasteiger partial charge in [0.05, 0.1) is 24.2 Å². The first-order chi connectivity index (χ1) is 10.6. The second-order valence-corrected chi connectivity index (χ2v) is 7.19. The summed E-state index contributed by atoms with van der Waals surface area (Å²) in [5, 5.41) is 0. The first-order valence-corrected chi connectivity index (χ1v) is 8.17. The topological polar surface area (TPSA) is 44.8 Å². The van der Waals surface area contributed by atoms with E-state index in [1.54, 1.807) is 0 Å². The van der Waals surface area contributed by atoms with Crippen LogP contribution in [0.2, 0.25) is 0 Å². The number of hydrogen-bond donors (Lipinski definition) is 0. The summed E-state index contributed by atoms with van der Waals surface area (Å²) in [6.45, 7) is 12.2. The summed E-state index contributed by atoms with van der Waals surface area (Å²) in [5.74, 6) is -0.425. The van der Waals surface area contributed by atoms with Gasteiger partial charge in [-0.2, -0.15) is 0 Å². The minimum Gasteiger partial charge on any atom is -0.469 e. The van der Waals surface area contributed by atoms with Gasteiger partial charge in [0.25, 0.3) is 0 Å². The maximum Gasteiger partial charge on any atom is 0.494 e. The van der Waals surface area contributed by atoms with Crippen LogP contribution >= 0.6 is 0 Å². The van der Waals surface area contributed by atoms with Gasteiger partial charge in [-0.1, -0.05) is 25.1 Å². The van der Waals surface area contributed by atoms with E-state index < -0.39 is 0 Å². The Morgan fingerprint density at radius 3 is 2.22 bits per heavy atom. The van der Waals surface area contributed by atoms with Crippen molar-refractivity contribution in [2.24, 2.45) is 0 Å². The molecule has 0 aromatic heterocycles. The molecule has 2 rings (SSSR count). The first kappa shape index (κ1) is 18.0. The monoisotopic (exact) mass is 318 g/mol. The summed E-state index contributed by atoms with van der Waals surface area (Å²) in [5.41, 5.74) is 2.31. The molecular weight excluding hydrogens is 291 g/mol. The second kappa shape index (κ2) is 6.29. The lowest BCUT2D eigenvalue weighted by atomic mass is 9.76. The Balaban J connectivity index is 2.29. The summed E-state index contributed by atoms with van der Waals surface area (Å²) in [6, 6.07) is 6.01. The van der Waals surface area contributed by atoms with Gasteiger partial charge in [0.1, 0.15) is 0 Å². The Labute approximate surface area is 139 Å². The van der Waals surface area contributed by atoms with Gasteiger partial charge in [-0.25, -0.2) is 0 Å². The van der Waals surface area contributed by atoms with E-state index in [9.17, 15) is 4.79 Å². The summed E-state index contributed by atoms with van der Waals surface area (Å²) >= 11 is 0. The molecule has 0 amide bonds. The molecule has 0 N–H and O–H groups in total. The zero-order chi connectivity index (χ0) is 17.4. The van der Waals surface area contributed by atoms with Crippen LogP contribution in [0.1, 0.15) is 58.1 Å². The molecule has 1 saturated heterocycles. The number of aryl methyl sites for hydroxylation is 1. The highest BCUT2D eigenvalue weighted by Crippen LogP contribution is 2.36. The predicted molar refractivity (Wildman–Crippen MR) is 91.9 cm³/mol. The maximum absolute atomic E-state index is 11.9. The van der Waals surface area contributed by atoms with Crippen molar-refractivity contribution in [3.8, 4) is 0 Å². The molecule has 4 nitrogen and oxygen atoms in total. The van der Waals surface area contributed by atoms with E-state index in [0.29, 0.717) is 6.42 Å². The van der Waals surface area contributed by atoms with Crippen LogP contribution in [0, 0.1) is 6.92 Å². The molecule has 1 atom stereocenters. The summed E-state index contributed by atoms with van der Waals surface area (Å²) in [4.78, 5) is 11.9. The Kier molecular flexibility index (Phi) is 4.93. The van der Waals surface area contributed by atoms with E-state index in [2.05, 4.69) is 0 Å². The zero-order valence-electron chi connectivity index (χ0n) is 15.2. The lowest BCUT2D eigenvalue weighted by molar-refractivity contribution is -0.142. The van der Waals surface area contributed by atoms with Crippen LogP contribution in [0.15, 0.2) is 18.2 Å². The van der Waals surface area contributed by atoms with Crippen LogP contribution in [0.25, 0.3) is 0 Å². The maximum atomic E-state index is 11.9. The first-order valence-electron chi connectivity index (χ1n) is 8.17. The summed E-state index contributed by atoms with van der Waals surface area (Å²) < 4.78 is 17.1. The van der Waals surface area contributed by atoms with Crippen molar-refractivity contribution in [1.29, 1.82) is 0 Å². The smallest absolute Gasteiger partial charge is 0.469 e. The number of rotatable bonds is 4. The van der Waals surface area contributed by atoms with Crippen molar-refractivity contribution in [3.05, 3.63) is 29.3 Å². The second-order valence-electron chi connectivity index (χ2n) is 7.19. The molecule has 1 aromatic rings. The summed E-state index contributed by atoms with van der Waals surface area (Å²) in [7, 11) is 1.05. The summed E-state index contributed by atoms with van der Waals surface area (Å²) in [6.07, 6.45) is 0.712. The highest BCUT2D eigenvalue weighted by Gasteiger charge is 2.51. The fraction of sp³-hybridized carbons (Fsp3) is 0.611. The van der Waals surface area contributed by atoms with E-state index in [-0.39, 0.29) is 30.2 Å². The lowest BCUT2D eigenvalue weighted by Crippen LogP contribution is -2.41. The van der Waals surface area contributed by atoms with E-state index in [1.807, 2.05) is 59.7 Å². The molecule has 1 aliphatic heterocycles. The normalized spacial score (nSPS) is 20.4.